The summed E-state index contributed by atoms with van der Waals surface area (Å²) in [6, 6.07) is 9.43. The van der Waals surface area contributed by atoms with Crippen LogP contribution in [-0.4, -0.2) is 34.0 Å². The van der Waals surface area contributed by atoms with E-state index < -0.39 is 0 Å². The molecule has 2 amide bonds. The van der Waals surface area contributed by atoms with E-state index in [1.165, 1.54) is 0 Å². The van der Waals surface area contributed by atoms with Crippen molar-refractivity contribution in [2.45, 2.75) is 25.2 Å². The number of aromatic nitrogens is 2. The summed E-state index contributed by atoms with van der Waals surface area (Å²) in [6.07, 6.45) is 5.83. The number of urea groups is 1. The molecule has 3 rings (SSSR count). The number of nitrogens with one attached hydrogen (secondary N) is 2. The molecular formula is C17H19N5O. The summed E-state index contributed by atoms with van der Waals surface area (Å²) < 4.78 is 0. The highest BCUT2D eigenvalue weighted by Crippen LogP contribution is 2.25. The normalized spacial score (nSPS) is 15.2. The molecule has 0 saturated carbocycles. The standard InChI is InChI=1S/C17H19N5O/c18-8-5-13-1-3-15(4-2-13)21-17(23)22-11-6-14(7-12-22)16-19-9-10-20-16/h1-4,9-10,14H,5-7,11-12H2,(H,19,20)(H,21,23). The quantitative estimate of drug-likeness (QED) is 0.914. The van der Waals surface area contributed by atoms with Gasteiger partial charge in [0.25, 0.3) is 0 Å². The highest BCUT2D eigenvalue weighted by atomic mass is 16.2. The molecule has 0 spiro atoms. The van der Waals surface area contributed by atoms with Gasteiger partial charge in [-0.25, -0.2) is 9.78 Å². The van der Waals surface area contributed by atoms with Crippen LogP contribution < -0.4 is 5.32 Å². The molecular weight excluding hydrogens is 290 g/mol. The van der Waals surface area contributed by atoms with E-state index in [0.717, 1.165) is 43.0 Å². The maximum atomic E-state index is 12.3. The molecule has 6 heteroatoms. The number of benzene rings is 1. The molecule has 1 aliphatic rings. The zero-order valence-corrected chi connectivity index (χ0v) is 12.8. The first-order valence-electron chi connectivity index (χ1n) is 7.77. The second-order valence-electron chi connectivity index (χ2n) is 5.70. The molecule has 1 aromatic heterocycles. The van der Waals surface area contributed by atoms with Gasteiger partial charge in [-0.05, 0) is 30.5 Å². The Bertz CT molecular complexity index is 679. The van der Waals surface area contributed by atoms with Crippen molar-refractivity contribution < 1.29 is 4.79 Å². The molecule has 1 aliphatic heterocycles. The molecule has 2 aromatic rings. The molecule has 0 unspecified atom stereocenters. The summed E-state index contributed by atoms with van der Waals surface area (Å²) in [5, 5.41) is 11.6. The lowest BCUT2D eigenvalue weighted by atomic mass is 9.96. The maximum absolute atomic E-state index is 12.3. The van der Waals surface area contributed by atoms with Gasteiger partial charge in [0.15, 0.2) is 0 Å². The molecule has 2 heterocycles. The van der Waals surface area contributed by atoms with Crippen molar-refractivity contribution in [2.24, 2.45) is 0 Å². The van der Waals surface area contributed by atoms with Crippen LogP contribution in [0.5, 0.6) is 0 Å². The Labute approximate surface area is 135 Å². The number of hydrogen-bond donors (Lipinski definition) is 2. The third kappa shape index (κ3) is 3.69. The van der Waals surface area contributed by atoms with E-state index >= 15 is 0 Å². The van der Waals surface area contributed by atoms with E-state index in [2.05, 4.69) is 21.4 Å². The van der Waals surface area contributed by atoms with E-state index in [1.54, 1.807) is 6.20 Å². The van der Waals surface area contributed by atoms with Crippen molar-refractivity contribution in [3.63, 3.8) is 0 Å². The number of nitriles is 1. The summed E-state index contributed by atoms with van der Waals surface area (Å²) in [5.74, 6) is 1.41. The number of carbonyl (C=O) groups is 1. The Kier molecular flexibility index (Phi) is 4.57. The number of piperidine rings is 1. The van der Waals surface area contributed by atoms with Crippen molar-refractivity contribution in [3.05, 3.63) is 48.0 Å². The molecule has 6 nitrogen and oxygen atoms in total. The fourth-order valence-electron chi connectivity index (χ4n) is 2.86. The van der Waals surface area contributed by atoms with Gasteiger partial charge in [-0.3, -0.25) is 0 Å². The minimum atomic E-state index is -0.0732. The first-order chi connectivity index (χ1) is 11.3. The first-order valence-corrected chi connectivity index (χ1v) is 7.77. The van der Waals surface area contributed by atoms with E-state index in [0.29, 0.717) is 12.3 Å². The van der Waals surface area contributed by atoms with Gasteiger partial charge in [0, 0.05) is 37.1 Å². The number of imidazole rings is 1. The Hall–Kier alpha value is -2.81. The van der Waals surface area contributed by atoms with E-state index in [4.69, 9.17) is 5.26 Å². The molecule has 1 saturated heterocycles. The summed E-state index contributed by atoms with van der Waals surface area (Å²) in [6.45, 7) is 1.45. The molecule has 0 bridgehead atoms. The van der Waals surface area contributed by atoms with Crippen LogP contribution in [-0.2, 0) is 6.42 Å². The lowest BCUT2D eigenvalue weighted by Crippen LogP contribution is -2.40. The van der Waals surface area contributed by atoms with E-state index in [1.807, 2.05) is 35.4 Å². The third-order valence-electron chi connectivity index (χ3n) is 4.18. The van der Waals surface area contributed by atoms with Crippen molar-refractivity contribution in [1.29, 1.82) is 5.26 Å². The predicted octanol–water partition coefficient (Wildman–Crippen LogP) is 2.89. The minimum Gasteiger partial charge on any atom is -0.348 e. The monoisotopic (exact) mass is 309 g/mol. The average Bonchev–Trinajstić information content (AvgIpc) is 3.11. The van der Waals surface area contributed by atoms with Crippen molar-refractivity contribution in [2.75, 3.05) is 18.4 Å². The number of carbonyl (C=O) groups excluding carboxylic acids is 1. The third-order valence-corrected chi connectivity index (χ3v) is 4.18. The molecule has 118 valence electrons. The van der Waals surface area contributed by atoms with E-state index in [9.17, 15) is 4.79 Å². The average molecular weight is 309 g/mol. The van der Waals surface area contributed by atoms with Crippen LogP contribution in [0, 0.1) is 11.3 Å². The highest BCUT2D eigenvalue weighted by molar-refractivity contribution is 5.89. The molecule has 0 radical (unpaired) electrons. The topological polar surface area (TPSA) is 84.8 Å². The summed E-state index contributed by atoms with van der Waals surface area (Å²) in [7, 11) is 0. The fraction of sp³-hybridized carbons (Fsp3) is 0.353. The van der Waals surface area contributed by atoms with Gasteiger partial charge in [-0.2, -0.15) is 5.26 Å². The number of hydrogen-bond acceptors (Lipinski definition) is 3. The van der Waals surface area contributed by atoms with Gasteiger partial charge in [-0.15, -0.1) is 0 Å². The Morgan fingerprint density at radius 3 is 2.70 bits per heavy atom. The molecule has 0 atom stereocenters. The van der Waals surface area contributed by atoms with Crippen LogP contribution in [0.3, 0.4) is 0 Å². The number of nitrogens with zero attached hydrogens (tertiary/aromatic N) is 3. The Morgan fingerprint density at radius 1 is 1.35 bits per heavy atom. The number of rotatable bonds is 3. The minimum absolute atomic E-state index is 0.0732. The smallest absolute Gasteiger partial charge is 0.321 e. The molecule has 0 aliphatic carbocycles. The predicted molar refractivity (Wildman–Crippen MR) is 86.9 cm³/mol. The number of amides is 2. The number of anilines is 1. The zero-order valence-electron chi connectivity index (χ0n) is 12.8. The summed E-state index contributed by atoms with van der Waals surface area (Å²) in [5.41, 5.74) is 1.70. The van der Waals surface area contributed by atoms with Crippen LogP contribution >= 0.6 is 0 Å². The Morgan fingerprint density at radius 2 is 2.09 bits per heavy atom. The molecule has 1 aromatic carbocycles. The lowest BCUT2D eigenvalue weighted by molar-refractivity contribution is 0.193. The number of aromatic amines is 1. The van der Waals surface area contributed by atoms with Gasteiger partial charge in [0.05, 0.1) is 12.5 Å². The van der Waals surface area contributed by atoms with Gasteiger partial charge < -0.3 is 15.2 Å². The SMILES string of the molecule is N#CCc1ccc(NC(=O)N2CCC(c3ncc[nH]3)CC2)cc1. The van der Waals surface area contributed by atoms with Crippen LogP contribution in [0.2, 0.25) is 0 Å². The molecule has 2 N–H and O–H groups in total. The van der Waals surface area contributed by atoms with Gasteiger partial charge in [0.2, 0.25) is 0 Å². The van der Waals surface area contributed by atoms with Crippen molar-refractivity contribution in [1.82, 2.24) is 14.9 Å². The fourth-order valence-corrected chi connectivity index (χ4v) is 2.86. The van der Waals surface area contributed by atoms with E-state index in [-0.39, 0.29) is 6.03 Å². The number of H-pyrrole nitrogens is 1. The van der Waals surface area contributed by atoms with Crippen LogP contribution in [0.4, 0.5) is 10.5 Å². The number of likely N-dealkylation sites (tertiary alicyclic amines) is 1. The zero-order chi connectivity index (χ0) is 16.1. The van der Waals surface area contributed by atoms with Crippen molar-refractivity contribution in [3.8, 4) is 6.07 Å². The van der Waals surface area contributed by atoms with Gasteiger partial charge in [-0.1, -0.05) is 12.1 Å². The molecule has 23 heavy (non-hydrogen) atoms. The van der Waals surface area contributed by atoms with Gasteiger partial charge in [0.1, 0.15) is 5.82 Å². The van der Waals surface area contributed by atoms with Crippen LogP contribution in [0.1, 0.15) is 30.1 Å². The Balaban J connectivity index is 1.52. The second kappa shape index (κ2) is 6.97. The largest absolute Gasteiger partial charge is 0.348 e. The van der Waals surface area contributed by atoms with Crippen LogP contribution in [0.15, 0.2) is 36.7 Å². The van der Waals surface area contributed by atoms with Crippen molar-refractivity contribution >= 4 is 11.7 Å². The van der Waals surface area contributed by atoms with Crippen LogP contribution in [0.25, 0.3) is 0 Å². The molecule has 1 fully saturated rings. The van der Waals surface area contributed by atoms with Gasteiger partial charge >= 0.3 is 6.03 Å². The first kappa shape index (κ1) is 15.1. The summed E-state index contributed by atoms with van der Waals surface area (Å²) >= 11 is 0. The summed E-state index contributed by atoms with van der Waals surface area (Å²) in [4.78, 5) is 21.6. The maximum Gasteiger partial charge on any atom is 0.321 e. The highest BCUT2D eigenvalue weighted by Gasteiger charge is 2.25. The second-order valence-corrected chi connectivity index (χ2v) is 5.70. The lowest BCUT2D eigenvalue weighted by Gasteiger charge is -2.31.